The van der Waals surface area contributed by atoms with Crippen molar-refractivity contribution < 1.29 is 13.5 Å². The first-order valence-corrected chi connectivity index (χ1v) is 13.4. The molecule has 0 radical (unpaired) electrons. The minimum Gasteiger partial charge on any atom is -0.395 e. The van der Waals surface area contributed by atoms with E-state index < -0.39 is 10.0 Å². The summed E-state index contributed by atoms with van der Waals surface area (Å²) in [6, 6.07) is 17.7. The quantitative estimate of drug-likeness (QED) is 0.586. The number of nitrogens with zero attached hydrogens (tertiary/aromatic N) is 4. The second-order valence-electron chi connectivity index (χ2n) is 9.14. The molecule has 0 saturated carbocycles. The Morgan fingerprint density at radius 3 is 2.32 bits per heavy atom. The van der Waals surface area contributed by atoms with Crippen LogP contribution in [0.3, 0.4) is 0 Å². The average molecular weight is 479 g/mol. The molecule has 7 nitrogen and oxygen atoms in total. The molecule has 3 atom stereocenters. The maximum absolute atomic E-state index is 13.3. The van der Waals surface area contributed by atoms with Crippen LogP contribution in [0.4, 0.5) is 0 Å². The zero-order valence-electron chi connectivity index (χ0n) is 19.1. The summed E-state index contributed by atoms with van der Waals surface area (Å²) in [5.74, 6) is 0.0984. The number of rotatable bonds is 6. The van der Waals surface area contributed by atoms with Crippen LogP contribution in [0, 0.1) is 0 Å². The summed E-state index contributed by atoms with van der Waals surface area (Å²) in [5, 5.41) is 10.2. The first kappa shape index (κ1) is 23.1. The molecule has 1 aromatic heterocycles. The molecule has 34 heavy (non-hydrogen) atoms. The van der Waals surface area contributed by atoms with Crippen molar-refractivity contribution in [3.8, 4) is 11.1 Å². The molecule has 2 aliphatic heterocycles. The van der Waals surface area contributed by atoms with Crippen LogP contribution in [0.15, 0.2) is 73.3 Å². The number of fused-ring (bicyclic) bond motifs is 1. The van der Waals surface area contributed by atoms with Gasteiger partial charge in [-0.3, -0.25) is 4.90 Å². The highest BCUT2D eigenvalue weighted by molar-refractivity contribution is 7.88. The Hall–Kier alpha value is -2.65. The second kappa shape index (κ2) is 9.92. The van der Waals surface area contributed by atoms with Gasteiger partial charge in [-0.25, -0.2) is 22.7 Å². The smallest absolute Gasteiger partial charge is 0.218 e. The van der Waals surface area contributed by atoms with Gasteiger partial charge in [0, 0.05) is 49.0 Å². The summed E-state index contributed by atoms with van der Waals surface area (Å²) in [6.07, 6.45) is 6.83. The van der Waals surface area contributed by atoms with Gasteiger partial charge in [-0.2, -0.15) is 0 Å². The van der Waals surface area contributed by atoms with Gasteiger partial charge in [0.05, 0.1) is 12.4 Å². The van der Waals surface area contributed by atoms with E-state index in [2.05, 4.69) is 39.1 Å². The van der Waals surface area contributed by atoms with Gasteiger partial charge < -0.3 is 5.11 Å². The number of sulfonamides is 1. The largest absolute Gasteiger partial charge is 0.395 e. The van der Waals surface area contributed by atoms with Crippen molar-refractivity contribution >= 4 is 10.0 Å². The molecule has 5 rings (SSSR count). The number of benzene rings is 2. The number of aromatic nitrogens is 2. The van der Waals surface area contributed by atoms with Gasteiger partial charge in [-0.1, -0.05) is 54.6 Å². The standard InChI is InChI=1S/C26H30N4O3S/c31-17-25-26(22-10-8-21(9-11-22)23-14-27-19-28-15-23)24-16-29(12-4-5-13-30(24)25)34(32,33)18-20-6-2-1-3-7-20/h1-3,6-11,14-15,19,24-26,31H,4-5,12-13,16-18H2/t24-,25+,26-/m1/s1. The molecule has 3 aromatic rings. The molecule has 2 fully saturated rings. The van der Waals surface area contributed by atoms with Crippen LogP contribution in [0.1, 0.15) is 29.9 Å². The highest BCUT2D eigenvalue weighted by atomic mass is 32.2. The second-order valence-corrected chi connectivity index (χ2v) is 11.1. The molecule has 2 aliphatic rings. The third-order valence-corrected chi connectivity index (χ3v) is 8.92. The van der Waals surface area contributed by atoms with Crippen LogP contribution >= 0.6 is 0 Å². The van der Waals surface area contributed by atoms with Gasteiger partial charge in [0.25, 0.3) is 0 Å². The fraction of sp³-hybridized carbons (Fsp3) is 0.385. The van der Waals surface area contributed by atoms with E-state index in [4.69, 9.17) is 0 Å². The summed E-state index contributed by atoms with van der Waals surface area (Å²) in [5.41, 5.74) is 3.92. The first-order chi connectivity index (χ1) is 16.6. The molecule has 3 heterocycles. The molecule has 0 spiro atoms. The maximum Gasteiger partial charge on any atom is 0.218 e. The van der Waals surface area contributed by atoms with E-state index in [-0.39, 0.29) is 30.4 Å². The van der Waals surface area contributed by atoms with Crippen LogP contribution < -0.4 is 0 Å². The van der Waals surface area contributed by atoms with Crippen molar-refractivity contribution in [2.75, 3.05) is 26.2 Å². The average Bonchev–Trinajstić information content (AvgIpc) is 2.84. The lowest BCUT2D eigenvalue weighted by Crippen LogP contribution is -2.67. The Morgan fingerprint density at radius 2 is 1.62 bits per heavy atom. The van der Waals surface area contributed by atoms with Crippen LogP contribution in [-0.2, 0) is 15.8 Å². The molecular formula is C26H30N4O3S. The number of hydrogen-bond acceptors (Lipinski definition) is 6. The minimum atomic E-state index is -3.44. The normalized spacial score (nSPS) is 24.0. The fourth-order valence-corrected chi connectivity index (χ4v) is 6.97. The first-order valence-electron chi connectivity index (χ1n) is 11.8. The number of aliphatic hydroxyl groups excluding tert-OH is 1. The SMILES string of the molecule is O=S(=O)(Cc1ccccc1)N1CCCCN2[C@H](C1)[C@@H](c1ccc(-c3cncnc3)cc1)[C@@H]2CO. The molecule has 0 aliphatic carbocycles. The van der Waals surface area contributed by atoms with Crippen LogP contribution in [0.25, 0.3) is 11.1 Å². The van der Waals surface area contributed by atoms with E-state index in [9.17, 15) is 13.5 Å². The van der Waals surface area contributed by atoms with Crippen molar-refractivity contribution in [3.05, 3.63) is 84.4 Å². The lowest BCUT2D eigenvalue weighted by Gasteiger charge is -2.57. The molecular weight excluding hydrogens is 448 g/mol. The van der Waals surface area contributed by atoms with Gasteiger partial charge in [0.15, 0.2) is 0 Å². The third kappa shape index (κ3) is 4.63. The Labute approximate surface area is 201 Å². The fourth-order valence-electron chi connectivity index (χ4n) is 5.38. The highest BCUT2D eigenvalue weighted by Gasteiger charge is 2.50. The van der Waals surface area contributed by atoms with Crippen LogP contribution in [-0.4, -0.2) is 71.0 Å². The number of hydrogen-bond donors (Lipinski definition) is 1. The molecule has 0 amide bonds. The van der Waals surface area contributed by atoms with E-state index in [1.807, 2.05) is 30.3 Å². The zero-order valence-corrected chi connectivity index (χ0v) is 19.9. The van der Waals surface area contributed by atoms with Crippen LogP contribution in [0.2, 0.25) is 0 Å². The van der Waals surface area contributed by atoms with E-state index in [1.54, 1.807) is 16.7 Å². The Bertz CT molecular complexity index is 1190. The molecule has 2 saturated heterocycles. The van der Waals surface area contributed by atoms with E-state index in [0.717, 1.165) is 41.6 Å². The number of aliphatic hydroxyl groups is 1. The Kier molecular flexibility index (Phi) is 6.74. The van der Waals surface area contributed by atoms with Gasteiger partial charge in [-0.15, -0.1) is 0 Å². The van der Waals surface area contributed by atoms with Gasteiger partial charge in [-0.05, 0) is 36.1 Å². The predicted octanol–water partition coefficient (Wildman–Crippen LogP) is 2.90. The van der Waals surface area contributed by atoms with Crippen molar-refractivity contribution in [1.82, 2.24) is 19.2 Å². The summed E-state index contributed by atoms with van der Waals surface area (Å²) in [4.78, 5) is 10.5. The Balaban J connectivity index is 1.38. The van der Waals surface area contributed by atoms with E-state index >= 15 is 0 Å². The summed E-state index contributed by atoms with van der Waals surface area (Å²) in [6.45, 7) is 1.94. The van der Waals surface area contributed by atoms with Crippen molar-refractivity contribution in [2.45, 2.75) is 36.6 Å². The molecule has 8 heteroatoms. The monoisotopic (exact) mass is 478 g/mol. The molecule has 2 aromatic carbocycles. The summed E-state index contributed by atoms with van der Waals surface area (Å²) < 4.78 is 28.4. The summed E-state index contributed by atoms with van der Waals surface area (Å²) in [7, 11) is -3.44. The van der Waals surface area contributed by atoms with E-state index in [0.29, 0.717) is 13.1 Å². The summed E-state index contributed by atoms with van der Waals surface area (Å²) >= 11 is 0. The molecule has 1 N–H and O–H groups in total. The van der Waals surface area contributed by atoms with Gasteiger partial charge in [0.1, 0.15) is 6.33 Å². The van der Waals surface area contributed by atoms with Gasteiger partial charge >= 0.3 is 0 Å². The van der Waals surface area contributed by atoms with E-state index in [1.165, 1.54) is 6.33 Å². The van der Waals surface area contributed by atoms with Crippen molar-refractivity contribution in [2.24, 2.45) is 0 Å². The van der Waals surface area contributed by atoms with Gasteiger partial charge in [0.2, 0.25) is 10.0 Å². The molecule has 0 unspecified atom stereocenters. The Morgan fingerprint density at radius 1 is 0.912 bits per heavy atom. The third-order valence-electron chi connectivity index (χ3n) is 7.11. The highest BCUT2D eigenvalue weighted by Crippen LogP contribution is 2.42. The van der Waals surface area contributed by atoms with Crippen LogP contribution in [0.5, 0.6) is 0 Å². The molecule has 178 valence electrons. The molecule has 0 bridgehead atoms. The topological polar surface area (TPSA) is 86.6 Å². The van der Waals surface area contributed by atoms with Crippen molar-refractivity contribution in [3.63, 3.8) is 0 Å². The predicted molar refractivity (Wildman–Crippen MR) is 131 cm³/mol. The zero-order chi connectivity index (χ0) is 23.5. The minimum absolute atomic E-state index is 0.00712. The maximum atomic E-state index is 13.3. The lowest BCUT2D eigenvalue weighted by molar-refractivity contribution is -0.0554. The lowest BCUT2D eigenvalue weighted by atomic mass is 9.74. The van der Waals surface area contributed by atoms with Crippen molar-refractivity contribution in [1.29, 1.82) is 0 Å².